The Morgan fingerprint density at radius 3 is 1.13 bits per heavy atom. The Morgan fingerprint density at radius 2 is 0.776 bits per heavy atom. The van der Waals surface area contributed by atoms with Gasteiger partial charge >= 0.3 is 5.97 Å². The third-order valence-corrected chi connectivity index (χ3v) is 13.1. The van der Waals surface area contributed by atoms with E-state index in [1.165, 1.54) is 173 Å². The molecule has 6 heteroatoms. The number of hydrogen-bond acceptors (Lipinski definition) is 5. The van der Waals surface area contributed by atoms with E-state index < -0.39 is 18.2 Å². The minimum atomic E-state index is -0.812. The highest BCUT2D eigenvalue weighted by Gasteiger charge is 2.23. The first-order valence-corrected chi connectivity index (χ1v) is 29.0. The Balaban J connectivity index is 4.61. The van der Waals surface area contributed by atoms with E-state index in [2.05, 4.69) is 80.8 Å². The van der Waals surface area contributed by atoms with Crippen LogP contribution in [0.1, 0.15) is 290 Å². The van der Waals surface area contributed by atoms with Crippen LogP contribution < -0.4 is 5.32 Å². The Labute approximate surface area is 416 Å². The van der Waals surface area contributed by atoms with Crippen molar-refractivity contribution in [2.24, 2.45) is 0 Å². The van der Waals surface area contributed by atoms with Gasteiger partial charge in [-0.1, -0.05) is 287 Å². The van der Waals surface area contributed by atoms with Crippen LogP contribution in [0.15, 0.2) is 60.8 Å². The first-order chi connectivity index (χ1) is 33.0. The first kappa shape index (κ1) is 64.6. The molecule has 6 nitrogen and oxygen atoms in total. The molecule has 0 spiro atoms. The second-order valence-electron chi connectivity index (χ2n) is 19.7. The lowest BCUT2D eigenvalue weighted by Gasteiger charge is -2.24. The number of allylic oxidation sites excluding steroid dienone is 9. The van der Waals surface area contributed by atoms with E-state index in [0.717, 1.165) is 70.6 Å². The van der Waals surface area contributed by atoms with E-state index in [9.17, 15) is 19.8 Å². The molecular formula is C61H111NO5. The highest BCUT2D eigenvalue weighted by molar-refractivity contribution is 5.77. The molecule has 0 aromatic rings. The minimum Gasteiger partial charge on any atom is -0.461 e. The summed E-state index contributed by atoms with van der Waals surface area (Å²) in [7, 11) is 0. The standard InChI is InChI=1S/C61H111NO5/c1-4-7-10-13-16-19-22-25-28-29-30-31-33-36-39-42-45-48-51-54-61(66)67-57(52-49-46-43-40-37-34-32-26-23-20-17-14-11-8-5-2)55-60(65)62-58(56-63)59(64)53-50-47-44-41-38-35-27-24-21-18-15-12-9-6-3/h8,11,17,20,26,32,37,40,46,49,57-59,63-64H,4-7,9-10,12-16,18-19,21-25,27-31,33-36,38-39,41-45,47-48,50-56H2,1-3H3,(H,62,65)/b11-8-,20-17-,32-26-,40-37-,49-46-. The van der Waals surface area contributed by atoms with E-state index in [4.69, 9.17) is 4.74 Å². The van der Waals surface area contributed by atoms with Gasteiger partial charge in [0, 0.05) is 12.8 Å². The number of amides is 1. The van der Waals surface area contributed by atoms with E-state index in [0.29, 0.717) is 19.3 Å². The van der Waals surface area contributed by atoms with Crippen LogP contribution in [0.4, 0.5) is 0 Å². The number of unbranched alkanes of at least 4 members (excludes halogenated alkanes) is 31. The van der Waals surface area contributed by atoms with Crippen molar-refractivity contribution in [2.75, 3.05) is 6.61 Å². The topological polar surface area (TPSA) is 95.9 Å². The zero-order valence-corrected chi connectivity index (χ0v) is 44.5. The van der Waals surface area contributed by atoms with Gasteiger partial charge in [-0.05, 0) is 44.9 Å². The number of aliphatic hydroxyl groups excluding tert-OH is 2. The second-order valence-corrected chi connectivity index (χ2v) is 19.7. The molecule has 0 aromatic heterocycles. The summed E-state index contributed by atoms with van der Waals surface area (Å²) in [4.78, 5) is 26.2. The number of ether oxygens (including phenoxy) is 1. The van der Waals surface area contributed by atoms with Crippen molar-refractivity contribution in [1.29, 1.82) is 0 Å². The van der Waals surface area contributed by atoms with Crippen LogP contribution in [-0.4, -0.2) is 46.9 Å². The normalized spacial score (nSPS) is 13.6. The molecule has 0 aromatic carbocycles. The van der Waals surface area contributed by atoms with Crippen LogP contribution in [0.3, 0.4) is 0 Å². The van der Waals surface area contributed by atoms with Crippen molar-refractivity contribution in [1.82, 2.24) is 5.32 Å². The molecule has 3 N–H and O–H groups in total. The van der Waals surface area contributed by atoms with Crippen molar-refractivity contribution >= 4 is 11.9 Å². The SMILES string of the molecule is CC/C=C\C/C=C\C/C=C\C/C=C\C/C=C\CC(CC(=O)NC(CO)C(O)CCCCCCCCCCCCCCCC)OC(=O)CCCCCCCCCCCCCCCCCCCCC. The number of rotatable bonds is 52. The molecule has 0 aliphatic carbocycles. The van der Waals surface area contributed by atoms with Gasteiger partial charge in [-0.15, -0.1) is 0 Å². The van der Waals surface area contributed by atoms with Gasteiger partial charge in [0.1, 0.15) is 6.10 Å². The molecular weight excluding hydrogens is 827 g/mol. The number of hydrogen-bond donors (Lipinski definition) is 3. The number of aliphatic hydroxyl groups is 2. The fraction of sp³-hybridized carbons (Fsp3) is 0.803. The Hall–Kier alpha value is -2.44. The van der Waals surface area contributed by atoms with E-state index in [1.54, 1.807) is 0 Å². The third kappa shape index (κ3) is 49.8. The smallest absolute Gasteiger partial charge is 0.306 e. The van der Waals surface area contributed by atoms with Crippen LogP contribution >= 0.6 is 0 Å². The summed E-state index contributed by atoms with van der Waals surface area (Å²) in [6.45, 7) is 6.37. The Morgan fingerprint density at radius 1 is 0.448 bits per heavy atom. The molecule has 0 aliphatic rings. The molecule has 0 saturated carbocycles. The monoisotopic (exact) mass is 938 g/mol. The summed E-state index contributed by atoms with van der Waals surface area (Å²) in [5, 5.41) is 23.8. The summed E-state index contributed by atoms with van der Waals surface area (Å²) in [5.41, 5.74) is 0. The highest BCUT2D eigenvalue weighted by Crippen LogP contribution is 2.18. The van der Waals surface area contributed by atoms with E-state index in [-0.39, 0.29) is 24.9 Å². The van der Waals surface area contributed by atoms with Crippen LogP contribution in [0.5, 0.6) is 0 Å². The highest BCUT2D eigenvalue weighted by atomic mass is 16.5. The molecule has 0 heterocycles. The molecule has 0 bridgehead atoms. The predicted molar refractivity (Wildman–Crippen MR) is 292 cm³/mol. The van der Waals surface area contributed by atoms with Gasteiger partial charge in [-0.2, -0.15) is 0 Å². The zero-order valence-electron chi connectivity index (χ0n) is 44.5. The van der Waals surface area contributed by atoms with Gasteiger partial charge in [0.15, 0.2) is 0 Å². The first-order valence-electron chi connectivity index (χ1n) is 29.0. The second kappa shape index (κ2) is 54.5. The molecule has 0 aliphatic heterocycles. The van der Waals surface area contributed by atoms with Gasteiger partial charge in [-0.25, -0.2) is 0 Å². The molecule has 390 valence electrons. The number of nitrogens with one attached hydrogen (secondary N) is 1. The summed E-state index contributed by atoms with van der Waals surface area (Å²) in [5.74, 6) is -0.568. The fourth-order valence-corrected chi connectivity index (χ4v) is 8.75. The lowest BCUT2D eigenvalue weighted by Crippen LogP contribution is -2.46. The number of esters is 1. The Kier molecular flexibility index (Phi) is 52.5. The lowest BCUT2D eigenvalue weighted by atomic mass is 10.0. The van der Waals surface area contributed by atoms with Gasteiger partial charge in [0.25, 0.3) is 0 Å². The van der Waals surface area contributed by atoms with E-state index in [1.807, 2.05) is 6.08 Å². The van der Waals surface area contributed by atoms with Gasteiger partial charge in [0.2, 0.25) is 5.91 Å². The Bertz CT molecular complexity index is 1190. The lowest BCUT2D eigenvalue weighted by molar-refractivity contribution is -0.150. The summed E-state index contributed by atoms with van der Waals surface area (Å²) >= 11 is 0. The number of carbonyl (C=O) groups excluding carboxylic acids is 2. The molecule has 1 amide bonds. The molecule has 0 rings (SSSR count). The predicted octanol–water partition coefficient (Wildman–Crippen LogP) is 18.0. The van der Waals surface area contributed by atoms with Gasteiger partial charge in [0.05, 0.1) is 25.2 Å². The molecule has 0 saturated heterocycles. The summed E-state index contributed by atoms with van der Waals surface area (Å²) in [6.07, 6.45) is 68.8. The maximum absolute atomic E-state index is 13.2. The fourth-order valence-electron chi connectivity index (χ4n) is 8.75. The van der Waals surface area contributed by atoms with Crippen molar-refractivity contribution < 1.29 is 24.5 Å². The van der Waals surface area contributed by atoms with Crippen LogP contribution in [0, 0.1) is 0 Å². The maximum atomic E-state index is 13.2. The van der Waals surface area contributed by atoms with Crippen LogP contribution in [0.2, 0.25) is 0 Å². The summed E-state index contributed by atoms with van der Waals surface area (Å²) < 4.78 is 5.90. The molecule has 3 atom stereocenters. The van der Waals surface area contributed by atoms with Gasteiger partial charge < -0.3 is 20.3 Å². The molecule has 3 unspecified atom stereocenters. The average Bonchev–Trinajstić information content (AvgIpc) is 3.32. The van der Waals surface area contributed by atoms with E-state index >= 15 is 0 Å². The molecule has 67 heavy (non-hydrogen) atoms. The molecule has 0 radical (unpaired) electrons. The van der Waals surface area contributed by atoms with Crippen molar-refractivity contribution in [3.63, 3.8) is 0 Å². The van der Waals surface area contributed by atoms with Crippen LogP contribution in [0.25, 0.3) is 0 Å². The minimum absolute atomic E-state index is 0.00131. The largest absolute Gasteiger partial charge is 0.461 e. The third-order valence-electron chi connectivity index (χ3n) is 13.1. The van der Waals surface area contributed by atoms with Crippen molar-refractivity contribution in [3.8, 4) is 0 Å². The zero-order chi connectivity index (χ0) is 48.8. The molecule has 0 fully saturated rings. The summed E-state index contributed by atoms with van der Waals surface area (Å²) in [6, 6.07) is -0.732. The van der Waals surface area contributed by atoms with Crippen molar-refractivity contribution in [3.05, 3.63) is 60.8 Å². The van der Waals surface area contributed by atoms with Gasteiger partial charge in [-0.3, -0.25) is 9.59 Å². The van der Waals surface area contributed by atoms with Crippen LogP contribution in [-0.2, 0) is 14.3 Å². The quantitative estimate of drug-likeness (QED) is 0.0321. The maximum Gasteiger partial charge on any atom is 0.306 e. The average molecular weight is 939 g/mol. The number of carbonyl (C=O) groups is 2. The van der Waals surface area contributed by atoms with Crippen molar-refractivity contribution in [2.45, 2.75) is 309 Å².